The summed E-state index contributed by atoms with van der Waals surface area (Å²) in [5, 5.41) is 1.66. The van der Waals surface area contributed by atoms with Crippen molar-refractivity contribution in [1.29, 1.82) is 0 Å². The van der Waals surface area contributed by atoms with Gasteiger partial charge in [-0.1, -0.05) is 23.2 Å². The minimum atomic E-state index is -2.91. The third kappa shape index (κ3) is 3.10. The molecule has 1 saturated heterocycles. The molecule has 0 bridgehead atoms. The van der Waals surface area contributed by atoms with E-state index in [0.717, 1.165) is 5.39 Å². The van der Waals surface area contributed by atoms with Crippen LogP contribution in [-0.2, 0) is 9.84 Å². The molecule has 0 saturated carbocycles. The molecule has 21 heavy (non-hydrogen) atoms. The third-order valence-corrected chi connectivity index (χ3v) is 5.97. The Balaban J connectivity index is 1.87. The highest BCUT2D eigenvalue weighted by Crippen LogP contribution is 2.37. The van der Waals surface area contributed by atoms with Crippen molar-refractivity contribution in [3.63, 3.8) is 0 Å². The molecule has 1 unspecified atom stereocenters. The SMILES string of the molecule is O=S1(=O)CCC(COc2c(Cl)cc(Cl)c3cccnc23)C1. The number of fused-ring (bicyclic) bond motifs is 1. The molecular formula is C14H13Cl2NO3S. The second kappa shape index (κ2) is 5.63. The summed E-state index contributed by atoms with van der Waals surface area (Å²) in [5.74, 6) is 0.860. The van der Waals surface area contributed by atoms with Gasteiger partial charge in [0, 0.05) is 17.5 Å². The summed E-state index contributed by atoms with van der Waals surface area (Å²) < 4.78 is 28.7. The van der Waals surface area contributed by atoms with Crippen molar-refractivity contribution >= 4 is 43.9 Å². The first kappa shape index (κ1) is 14.9. The molecule has 1 aliphatic heterocycles. The highest BCUT2D eigenvalue weighted by Gasteiger charge is 2.28. The summed E-state index contributed by atoms with van der Waals surface area (Å²) in [4.78, 5) is 4.26. The predicted octanol–water partition coefficient (Wildman–Crippen LogP) is 3.36. The van der Waals surface area contributed by atoms with E-state index in [0.29, 0.717) is 34.3 Å². The molecule has 0 radical (unpaired) electrons. The van der Waals surface area contributed by atoms with E-state index in [9.17, 15) is 8.42 Å². The summed E-state index contributed by atoms with van der Waals surface area (Å²) in [6.07, 6.45) is 2.26. The monoisotopic (exact) mass is 345 g/mol. The highest BCUT2D eigenvalue weighted by molar-refractivity contribution is 7.91. The van der Waals surface area contributed by atoms with E-state index in [1.54, 1.807) is 18.3 Å². The molecule has 2 heterocycles. The lowest BCUT2D eigenvalue weighted by molar-refractivity contribution is 0.266. The number of benzene rings is 1. The molecule has 0 spiro atoms. The maximum absolute atomic E-state index is 11.5. The van der Waals surface area contributed by atoms with Crippen molar-refractivity contribution in [2.24, 2.45) is 5.92 Å². The number of halogens is 2. The summed E-state index contributed by atoms with van der Waals surface area (Å²) in [6, 6.07) is 5.25. The van der Waals surface area contributed by atoms with Crippen LogP contribution in [-0.4, -0.2) is 31.5 Å². The molecule has 0 amide bonds. The van der Waals surface area contributed by atoms with Crippen LogP contribution in [0.1, 0.15) is 6.42 Å². The normalized spacial score (nSPS) is 20.8. The van der Waals surface area contributed by atoms with Crippen molar-refractivity contribution in [3.8, 4) is 5.75 Å². The minimum absolute atomic E-state index is 0.000469. The average molecular weight is 346 g/mol. The average Bonchev–Trinajstić information content (AvgIpc) is 2.78. The van der Waals surface area contributed by atoms with Crippen molar-refractivity contribution < 1.29 is 13.2 Å². The van der Waals surface area contributed by atoms with E-state index in [2.05, 4.69) is 4.98 Å². The zero-order valence-electron chi connectivity index (χ0n) is 11.1. The smallest absolute Gasteiger partial charge is 0.164 e. The molecule has 4 nitrogen and oxygen atoms in total. The van der Waals surface area contributed by atoms with Crippen molar-refractivity contribution in [2.75, 3.05) is 18.1 Å². The number of pyridine rings is 1. The van der Waals surface area contributed by atoms with Crippen molar-refractivity contribution in [1.82, 2.24) is 4.98 Å². The lowest BCUT2D eigenvalue weighted by Crippen LogP contribution is -2.14. The topological polar surface area (TPSA) is 56.3 Å². The molecule has 0 aliphatic carbocycles. The van der Waals surface area contributed by atoms with Crippen LogP contribution in [0.5, 0.6) is 5.75 Å². The molecular weight excluding hydrogens is 333 g/mol. The van der Waals surface area contributed by atoms with Gasteiger partial charge in [-0.2, -0.15) is 0 Å². The van der Waals surface area contributed by atoms with Crippen LogP contribution in [0.15, 0.2) is 24.4 Å². The molecule has 3 rings (SSSR count). The van der Waals surface area contributed by atoms with Gasteiger partial charge in [-0.05, 0) is 24.6 Å². The van der Waals surface area contributed by atoms with E-state index in [4.69, 9.17) is 27.9 Å². The molecule has 1 aromatic carbocycles. The number of nitrogens with zero attached hydrogens (tertiary/aromatic N) is 1. The number of ether oxygens (including phenoxy) is 1. The summed E-state index contributed by atoms with van der Waals surface area (Å²) in [6.45, 7) is 0.312. The quantitative estimate of drug-likeness (QED) is 0.855. The van der Waals surface area contributed by atoms with Crippen LogP contribution < -0.4 is 4.74 Å². The van der Waals surface area contributed by atoms with Crippen LogP contribution in [0, 0.1) is 5.92 Å². The van der Waals surface area contributed by atoms with Gasteiger partial charge in [0.2, 0.25) is 0 Å². The number of sulfone groups is 1. The van der Waals surface area contributed by atoms with Gasteiger partial charge in [0.15, 0.2) is 15.6 Å². The van der Waals surface area contributed by atoms with Crippen LogP contribution in [0.4, 0.5) is 0 Å². The summed E-state index contributed by atoms with van der Waals surface area (Å²) in [5.41, 5.74) is 0.593. The van der Waals surface area contributed by atoms with Crippen LogP contribution in [0.2, 0.25) is 10.0 Å². The van der Waals surface area contributed by atoms with Gasteiger partial charge in [0.1, 0.15) is 5.52 Å². The summed E-state index contributed by atoms with van der Waals surface area (Å²) >= 11 is 12.3. The lowest BCUT2D eigenvalue weighted by Gasteiger charge is -2.14. The fourth-order valence-electron chi connectivity index (χ4n) is 2.49. The minimum Gasteiger partial charge on any atom is -0.489 e. The number of aromatic nitrogens is 1. The maximum Gasteiger partial charge on any atom is 0.164 e. The Morgan fingerprint density at radius 3 is 2.86 bits per heavy atom. The van der Waals surface area contributed by atoms with Crippen LogP contribution in [0.25, 0.3) is 10.9 Å². The number of hydrogen-bond donors (Lipinski definition) is 0. The molecule has 1 aliphatic rings. The molecule has 1 aromatic heterocycles. The van der Waals surface area contributed by atoms with E-state index in [1.807, 2.05) is 6.07 Å². The number of rotatable bonds is 3. The van der Waals surface area contributed by atoms with Gasteiger partial charge < -0.3 is 4.74 Å². The van der Waals surface area contributed by atoms with Crippen LogP contribution in [0.3, 0.4) is 0 Å². The molecule has 2 aromatic rings. The third-order valence-electron chi connectivity index (χ3n) is 3.54. The number of hydrogen-bond acceptors (Lipinski definition) is 4. The van der Waals surface area contributed by atoms with Crippen molar-refractivity contribution in [3.05, 3.63) is 34.4 Å². The van der Waals surface area contributed by atoms with E-state index in [1.165, 1.54) is 0 Å². The lowest BCUT2D eigenvalue weighted by atomic mass is 10.1. The van der Waals surface area contributed by atoms with Gasteiger partial charge in [-0.25, -0.2) is 8.42 Å². The van der Waals surface area contributed by atoms with E-state index >= 15 is 0 Å². The first-order chi connectivity index (χ1) is 9.96. The van der Waals surface area contributed by atoms with Crippen molar-refractivity contribution in [2.45, 2.75) is 6.42 Å². The van der Waals surface area contributed by atoms with Gasteiger partial charge in [0.25, 0.3) is 0 Å². The Morgan fingerprint density at radius 1 is 1.33 bits per heavy atom. The second-order valence-electron chi connectivity index (χ2n) is 5.15. The Hall–Kier alpha value is -1.04. The summed E-state index contributed by atoms with van der Waals surface area (Å²) in [7, 11) is -2.91. The molecule has 1 atom stereocenters. The largest absolute Gasteiger partial charge is 0.489 e. The highest BCUT2D eigenvalue weighted by atomic mass is 35.5. The Labute approximate surface area is 132 Å². The maximum atomic E-state index is 11.5. The molecule has 0 N–H and O–H groups in total. The molecule has 7 heteroatoms. The van der Waals surface area contributed by atoms with E-state index in [-0.39, 0.29) is 17.4 Å². The van der Waals surface area contributed by atoms with Gasteiger partial charge in [-0.3, -0.25) is 4.98 Å². The zero-order valence-corrected chi connectivity index (χ0v) is 13.4. The fraction of sp³-hybridized carbons (Fsp3) is 0.357. The predicted molar refractivity (Wildman–Crippen MR) is 84.0 cm³/mol. The molecule has 112 valence electrons. The van der Waals surface area contributed by atoms with Gasteiger partial charge >= 0.3 is 0 Å². The van der Waals surface area contributed by atoms with Gasteiger partial charge in [-0.15, -0.1) is 0 Å². The second-order valence-corrected chi connectivity index (χ2v) is 8.19. The first-order valence-corrected chi connectivity index (χ1v) is 9.10. The first-order valence-electron chi connectivity index (χ1n) is 6.52. The van der Waals surface area contributed by atoms with E-state index < -0.39 is 9.84 Å². The molecule has 1 fully saturated rings. The Kier molecular flexibility index (Phi) is 3.99. The fourth-order valence-corrected chi connectivity index (χ4v) is 4.90. The van der Waals surface area contributed by atoms with Gasteiger partial charge in [0.05, 0.1) is 28.2 Å². The zero-order chi connectivity index (χ0) is 15.0. The van der Waals surface area contributed by atoms with Crippen LogP contribution >= 0.6 is 23.2 Å². The Bertz CT molecular complexity index is 792. The standard InChI is InChI=1S/C14H13Cl2NO3S/c15-11-6-12(16)14(13-10(11)2-1-4-17-13)20-7-9-3-5-21(18,19)8-9/h1-2,4,6,9H,3,5,7-8H2. The Morgan fingerprint density at radius 2 is 2.14 bits per heavy atom.